The summed E-state index contributed by atoms with van der Waals surface area (Å²) in [6.07, 6.45) is 2.90. The highest BCUT2D eigenvalue weighted by Gasteiger charge is 2.31. The van der Waals surface area contributed by atoms with E-state index in [4.69, 9.17) is 5.11 Å². The Morgan fingerprint density at radius 1 is 1.26 bits per heavy atom. The number of rotatable bonds is 10. The Hall–Kier alpha value is -0.510. The second-order valence-electron chi connectivity index (χ2n) is 6.02. The number of thioether (sulfide) groups is 1. The Morgan fingerprint density at radius 2 is 1.79 bits per heavy atom. The predicted octanol–water partition coefficient (Wildman–Crippen LogP) is 3.86. The largest absolute Gasteiger partial charge is 0.480 e. The molecule has 0 amide bonds. The molecule has 19 heavy (non-hydrogen) atoms. The monoisotopic (exact) mass is 288 g/mol. The maximum atomic E-state index is 10.9. The minimum atomic E-state index is -0.882. The molecule has 0 aromatic carbocycles. The van der Waals surface area contributed by atoms with Gasteiger partial charge in [-0.1, -0.05) is 34.6 Å². The van der Waals surface area contributed by atoms with Gasteiger partial charge in [0.05, 0.1) is 0 Å². The third-order valence-corrected chi connectivity index (χ3v) is 5.72. The average molecular weight is 288 g/mol. The van der Waals surface area contributed by atoms with Crippen LogP contribution in [0.3, 0.4) is 0 Å². The second-order valence-corrected chi connectivity index (χ2v) is 7.33. The Bertz CT molecular complexity index is 279. The highest BCUT2D eigenvalue weighted by molar-refractivity contribution is 8.00. The van der Waals surface area contributed by atoms with Crippen LogP contribution >= 0.6 is 11.8 Å². The molecule has 0 saturated heterocycles. The number of hydrogen-bond donors (Lipinski definition) is 1. The van der Waals surface area contributed by atoms with Gasteiger partial charge in [0, 0.05) is 6.42 Å². The van der Waals surface area contributed by atoms with Crippen LogP contribution in [0.25, 0.3) is 0 Å². The van der Waals surface area contributed by atoms with Crippen molar-refractivity contribution in [1.82, 2.24) is 0 Å². The van der Waals surface area contributed by atoms with Gasteiger partial charge < -0.3 is 9.90 Å². The van der Waals surface area contributed by atoms with E-state index >= 15 is 0 Å². The Balaban J connectivity index is 4.20. The van der Waals surface area contributed by atoms with Crippen LogP contribution in [0.5, 0.6) is 0 Å². The van der Waals surface area contributed by atoms with Crippen molar-refractivity contribution in [1.29, 1.82) is 0 Å². The van der Waals surface area contributed by atoms with Crippen molar-refractivity contribution >= 4 is 24.0 Å². The van der Waals surface area contributed by atoms with Crippen LogP contribution in [0.1, 0.15) is 53.9 Å². The molecule has 0 heterocycles. The first-order valence-corrected chi connectivity index (χ1v) is 8.08. The highest BCUT2D eigenvalue weighted by atomic mass is 32.2. The molecule has 0 fully saturated rings. The van der Waals surface area contributed by atoms with Crippen LogP contribution in [0.2, 0.25) is 0 Å². The maximum absolute atomic E-state index is 10.9. The average Bonchev–Trinajstić information content (AvgIpc) is 2.31. The lowest BCUT2D eigenvalue weighted by atomic mass is 9.68. The summed E-state index contributed by atoms with van der Waals surface area (Å²) in [6, 6.07) is 0. The summed E-state index contributed by atoms with van der Waals surface area (Å²) in [6.45, 7) is 11.3. The van der Waals surface area contributed by atoms with E-state index in [0.717, 1.165) is 18.6 Å². The molecule has 112 valence electrons. The number of hydrogen-bond acceptors (Lipinski definition) is 3. The lowest BCUT2D eigenvalue weighted by Crippen LogP contribution is -2.30. The molecule has 0 radical (unpaired) electrons. The summed E-state index contributed by atoms with van der Waals surface area (Å²) in [4.78, 5) is 21.3. The summed E-state index contributed by atoms with van der Waals surface area (Å²) in [5, 5.41) is 8.38. The van der Waals surface area contributed by atoms with Crippen LogP contribution in [0.4, 0.5) is 0 Å². The molecule has 0 rings (SSSR count). The Morgan fingerprint density at radius 3 is 2.16 bits per heavy atom. The van der Waals surface area contributed by atoms with Gasteiger partial charge in [-0.3, -0.25) is 4.79 Å². The molecule has 0 saturated carbocycles. The molecule has 0 bridgehead atoms. The number of aliphatic carboxylic acids is 1. The number of carboxylic acids is 1. The normalized spacial score (nSPS) is 13.8. The van der Waals surface area contributed by atoms with Gasteiger partial charge in [-0.15, -0.1) is 11.8 Å². The molecule has 1 N–H and O–H groups in total. The number of carboxylic acid groups (broad SMARTS) is 1. The van der Waals surface area contributed by atoms with E-state index in [1.54, 1.807) is 0 Å². The molecule has 0 spiro atoms. The van der Waals surface area contributed by atoms with Crippen molar-refractivity contribution < 1.29 is 14.7 Å². The van der Waals surface area contributed by atoms with Gasteiger partial charge in [0.25, 0.3) is 0 Å². The van der Waals surface area contributed by atoms with Gasteiger partial charge in [-0.2, -0.15) is 0 Å². The van der Waals surface area contributed by atoms with E-state index in [1.807, 2.05) is 0 Å². The van der Waals surface area contributed by atoms with Gasteiger partial charge >= 0.3 is 5.97 Å². The fourth-order valence-electron chi connectivity index (χ4n) is 2.25. The number of aldehydes is 1. The van der Waals surface area contributed by atoms with Gasteiger partial charge in [0.15, 0.2) is 0 Å². The number of carbonyl (C=O) groups is 2. The first-order valence-electron chi connectivity index (χ1n) is 7.03. The summed E-state index contributed by atoms with van der Waals surface area (Å²) in [7, 11) is 0. The van der Waals surface area contributed by atoms with Crippen LogP contribution in [0.15, 0.2) is 0 Å². The molecule has 0 aromatic rings. The van der Waals surface area contributed by atoms with Gasteiger partial charge in [0.2, 0.25) is 0 Å². The van der Waals surface area contributed by atoms with E-state index in [9.17, 15) is 9.59 Å². The fourth-order valence-corrected chi connectivity index (χ4v) is 3.20. The topological polar surface area (TPSA) is 54.4 Å². The molecule has 1 atom stereocenters. The molecule has 0 aliphatic heterocycles. The van der Waals surface area contributed by atoms with Crippen molar-refractivity contribution in [3.63, 3.8) is 0 Å². The Labute approximate surface area is 121 Å². The number of carbonyl (C=O) groups excluding carboxylic acids is 1. The maximum Gasteiger partial charge on any atom is 0.317 e. The molecule has 3 nitrogen and oxygen atoms in total. The SMILES string of the molecule is CC(C)C(C)(CCCSC(CC=O)C(=O)O)C(C)C. The van der Waals surface area contributed by atoms with Gasteiger partial charge in [0.1, 0.15) is 11.5 Å². The summed E-state index contributed by atoms with van der Waals surface area (Å²) < 4.78 is 0. The smallest absolute Gasteiger partial charge is 0.317 e. The summed E-state index contributed by atoms with van der Waals surface area (Å²) in [5.74, 6) is 1.15. The van der Waals surface area contributed by atoms with E-state index in [-0.39, 0.29) is 6.42 Å². The minimum absolute atomic E-state index is 0.103. The van der Waals surface area contributed by atoms with Crippen molar-refractivity contribution in [3.8, 4) is 0 Å². The quantitative estimate of drug-likeness (QED) is 0.490. The second kappa shape index (κ2) is 8.62. The van der Waals surface area contributed by atoms with E-state index in [2.05, 4.69) is 34.6 Å². The lowest BCUT2D eigenvalue weighted by Gasteiger charge is -2.38. The standard InChI is InChI=1S/C15H28O3S/c1-11(2)15(5,12(3)4)8-6-10-19-13(7-9-16)14(17)18/h9,11-13H,6-8,10H2,1-5H3,(H,17,18). The van der Waals surface area contributed by atoms with Gasteiger partial charge in [-0.05, 0) is 35.8 Å². The van der Waals surface area contributed by atoms with Crippen molar-refractivity contribution in [3.05, 3.63) is 0 Å². The zero-order valence-corrected chi connectivity index (χ0v) is 13.6. The van der Waals surface area contributed by atoms with Crippen LogP contribution in [0, 0.1) is 17.3 Å². The fraction of sp³-hybridized carbons (Fsp3) is 0.867. The van der Waals surface area contributed by atoms with Crippen LogP contribution in [-0.4, -0.2) is 28.4 Å². The third-order valence-electron chi connectivity index (χ3n) is 4.40. The van der Waals surface area contributed by atoms with E-state index in [1.165, 1.54) is 11.8 Å². The molecule has 4 heteroatoms. The summed E-state index contributed by atoms with van der Waals surface area (Å²) in [5.41, 5.74) is 0.296. The molecule has 1 unspecified atom stereocenters. The van der Waals surface area contributed by atoms with Crippen LogP contribution < -0.4 is 0 Å². The zero-order valence-electron chi connectivity index (χ0n) is 12.8. The van der Waals surface area contributed by atoms with Gasteiger partial charge in [-0.25, -0.2) is 0 Å². The van der Waals surface area contributed by atoms with E-state index < -0.39 is 11.2 Å². The van der Waals surface area contributed by atoms with E-state index in [0.29, 0.717) is 23.5 Å². The third kappa shape index (κ3) is 5.98. The molecule has 0 aromatic heterocycles. The zero-order chi connectivity index (χ0) is 15.1. The molecule has 0 aliphatic rings. The molecular weight excluding hydrogens is 260 g/mol. The highest BCUT2D eigenvalue weighted by Crippen LogP contribution is 2.40. The summed E-state index contributed by atoms with van der Waals surface area (Å²) >= 11 is 1.39. The Kier molecular flexibility index (Phi) is 8.39. The first kappa shape index (κ1) is 18.5. The van der Waals surface area contributed by atoms with Crippen molar-refractivity contribution in [2.45, 2.75) is 59.1 Å². The first-order chi connectivity index (χ1) is 8.75. The lowest BCUT2D eigenvalue weighted by molar-refractivity contribution is -0.137. The minimum Gasteiger partial charge on any atom is -0.480 e. The van der Waals surface area contributed by atoms with Crippen molar-refractivity contribution in [2.24, 2.45) is 17.3 Å². The molecular formula is C15H28O3S. The van der Waals surface area contributed by atoms with Crippen LogP contribution in [-0.2, 0) is 9.59 Å². The van der Waals surface area contributed by atoms with Crippen molar-refractivity contribution in [2.75, 3.05) is 5.75 Å². The molecule has 0 aliphatic carbocycles. The predicted molar refractivity (Wildman–Crippen MR) is 81.6 cm³/mol.